The van der Waals surface area contributed by atoms with Crippen molar-refractivity contribution in [3.05, 3.63) is 64.7 Å². The normalized spacial score (nSPS) is 17.5. The van der Waals surface area contributed by atoms with Gasteiger partial charge in [-0.1, -0.05) is 30.3 Å². The smallest absolute Gasteiger partial charge is 0.115 e. The van der Waals surface area contributed by atoms with Crippen molar-refractivity contribution in [3.63, 3.8) is 0 Å². The molecule has 3 heteroatoms. The summed E-state index contributed by atoms with van der Waals surface area (Å²) in [5.74, 6) is 0.342. The number of aliphatic hydroxyl groups excluding tert-OH is 1. The maximum Gasteiger partial charge on any atom is 0.115 e. The molecule has 0 saturated carbocycles. The van der Waals surface area contributed by atoms with Crippen molar-refractivity contribution >= 4 is 0 Å². The lowest BCUT2D eigenvalue weighted by Crippen LogP contribution is -2.24. The molecule has 2 aromatic rings. The minimum atomic E-state index is 0.0863. The van der Waals surface area contributed by atoms with Gasteiger partial charge in [-0.25, -0.2) is 0 Å². The van der Waals surface area contributed by atoms with Crippen LogP contribution in [0.3, 0.4) is 0 Å². The Balaban J connectivity index is 1.70. The van der Waals surface area contributed by atoms with Gasteiger partial charge in [0.05, 0.1) is 6.61 Å². The summed E-state index contributed by atoms with van der Waals surface area (Å²) < 4.78 is 0. The van der Waals surface area contributed by atoms with Gasteiger partial charge in [-0.2, -0.15) is 0 Å². The third-order valence-electron chi connectivity index (χ3n) is 4.20. The zero-order chi connectivity index (χ0) is 14.7. The molecule has 0 aromatic heterocycles. The number of fused-ring (bicyclic) bond motifs is 1. The molecular formula is C18H21NO2. The summed E-state index contributed by atoms with van der Waals surface area (Å²) >= 11 is 0. The van der Waals surface area contributed by atoms with Crippen LogP contribution in [0.2, 0.25) is 0 Å². The minimum Gasteiger partial charge on any atom is -0.508 e. The van der Waals surface area contributed by atoms with Crippen LogP contribution < -0.4 is 5.32 Å². The zero-order valence-electron chi connectivity index (χ0n) is 12.0. The summed E-state index contributed by atoms with van der Waals surface area (Å²) in [6.07, 6.45) is 3.38. The number of aryl methyl sites for hydroxylation is 1. The minimum absolute atomic E-state index is 0.0863. The van der Waals surface area contributed by atoms with Crippen molar-refractivity contribution in [1.82, 2.24) is 5.32 Å². The number of nitrogens with one attached hydrogen (secondary N) is 1. The fourth-order valence-electron chi connectivity index (χ4n) is 3.00. The van der Waals surface area contributed by atoms with E-state index in [9.17, 15) is 5.11 Å². The van der Waals surface area contributed by atoms with E-state index in [4.69, 9.17) is 5.11 Å². The van der Waals surface area contributed by atoms with Crippen molar-refractivity contribution in [2.75, 3.05) is 0 Å². The molecule has 1 unspecified atom stereocenters. The van der Waals surface area contributed by atoms with Crippen LogP contribution in [-0.2, 0) is 19.6 Å². The third-order valence-corrected chi connectivity index (χ3v) is 4.20. The van der Waals surface area contributed by atoms with Gasteiger partial charge in [0, 0.05) is 12.6 Å². The summed E-state index contributed by atoms with van der Waals surface area (Å²) in [7, 11) is 0. The predicted octanol–water partition coefficient (Wildman–Crippen LogP) is 3.05. The van der Waals surface area contributed by atoms with Crippen LogP contribution in [0, 0.1) is 0 Å². The Hall–Kier alpha value is -1.84. The molecule has 1 aliphatic carbocycles. The van der Waals surface area contributed by atoms with E-state index in [2.05, 4.69) is 5.32 Å². The first-order valence-corrected chi connectivity index (χ1v) is 7.50. The van der Waals surface area contributed by atoms with Crippen LogP contribution in [0.25, 0.3) is 0 Å². The molecule has 0 heterocycles. The highest BCUT2D eigenvalue weighted by molar-refractivity contribution is 5.38. The highest BCUT2D eigenvalue weighted by atomic mass is 16.3. The summed E-state index contributed by atoms with van der Waals surface area (Å²) in [6, 6.07) is 14.0. The number of rotatable bonds is 4. The van der Waals surface area contributed by atoms with Crippen molar-refractivity contribution in [3.8, 4) is 5.75 Å². The monoisotopic (exact) mass is 283 g/mol. The number of phenols is 1. The number of phenolic OH excluding ortho intramolecular Hbond substituents is 1. The lowest BCUT2D eigenvalue weighted by molar-refractivity contribution is 0.282. The molecule has 1 atom stereocenters. The van der Waals surface area contributed by atoms with E-state index in [0.717, 1.165) is 24.9 Å². The van der Waals surface area contributed by atoms with E-state index in [1.807, 2.05) is 36.4 Å². The molecule has 0 radical (unpaired) electrons. The Morgan fingerprint density at radius 1 is 1.05 bits per heavy atom. The average Bonchev–Trinajstić information content (AvgIpc) is 2.53. The van der Waals surface area contributed by atoms with E-state index in [0.29, 0.717) is 11.8 Å². The number of aliphatic hydroxyl groups is 1. The number of aromatic hydroxyl groups is 1. The van der Waals surface area contributed by atoms with Crippen molar-refractivity contribution in [1.29, 1.82) is 0 Å². The van der Waals surface area contributed by atoms with Crippen LogP contribution in [-0.4, -0.2) is 10.2 Å². The highest BCUT2D eigenvalue weighted by Crippen LogP contribution is 2.32. The molecule has 2 aromatic carbocycles. The van der Waals surface area contributed by atoms with Gasteiger partial charge in [-0.15, -0.1) is 0 Å². The summed E-state index contributed by atoms with van der Waals surface area (Å²) in [4.78, 5) is 0. The molecular weight excluding hydrogens is 262 g/mol. The molecule has 3 rings (SSSR count). The molecule has 1 aliphatic rings. The zero-order valence-corrected chi connectivity index (χ0v) is 12.0. The highest BCUT2D eigenvalue weighted by Gasteiger charge is 2.20. The third kappa shape index (κ3) is 3.26. The standard InChI is InChI=1S/C18H21NO2/c20-12-14-6-4-13(5-7-14)11-19-18-3-1-2-15-8-9-16(21)10-17(15)18/h4-10,18-21H,1-3,11-12H2. The van der Waals surface area contributed by atoms with Crippen LogP contribution >= 0.6 is 0 Å². The molecule has 3 N–H and O–H groups in total. The van der Waals surface area contributed by atoms with Crippen LogP contribution in [0.4, 0.5) is 0 Å². The Kier molecular flexibility index (Phi) is 4.23. The number of hydrogen-bond donors (Lipinski definition) is 3. The molecule has 0 fully saturated rings. The molecule has 110 valence electrons. The van der Waals surface area contributed by atoms with Gasteiger partial charge in [0.25, 0.3) is 0 Å². The van der Waals surface area contributed by atoms with Gasteiger partial charge >= 0.3 is 0 Å². The second-order valence-electron chi connectivity index (χ2n) is 5.68. The van der Waals surface area contributed by atoms with Gasteiger partial charge < -0.3 is 15.5 Å². The fraction of sp³-hybridized carbons (Fsp3) is 0.333. The van der Waals surface area contributed by atoms with E-state index >= 15 is 0 Å². The first-order chi connectivity index (χ1) is 10.3. The Bertz CT molecular complexity index is 607. The van der Waals surface area contributed by atoms with Crippen molar-refractivity contribution < 1.29 is 10.2 Å². The van der Waals surface area contributed by atoms with Gasteiger partial charge in [0.15, 0.2) is 0 Å². The topological polar surface area (TPSA) is 52.5 Å². The predicted molar refractivity (Wildman–Crippen MR) is 83.0 cm³/mol. The first-order valence-electron chi connectivity index (χ1n) is 7.50. The molecule has 21 heavy (non-hydrogen) atoms. The second-order valence-corrected chi connectivity index (χ2v) is 5.68. The van der Waals surface area contributed by atoms with E-state index < -0.39 is 0 Å². The Labute approximate surface area is 125 Å². The maximum absolute atomic E-state index is 9.70. The van der Waals surface area contributed by atoms with E-state index in [1.54, 1.807) is 6.07 Å². The van der Waals surface area contributed by atoms with Gasteiger partial charge in [0.2, 0.25) is 0 Å². The molecule has 0 amide bonds. The number of hydrogen-bond acceptors (Lipinski definition) is 3. The average molecular weight is 283 g/mol. The van der Waals surface area contributed by atoms with Crippen molar-refractivity contribution in [2.45, 2.75) is 38.5 Å². The van der Waals surface area contributed by atoms with Crippen molar-refractivity contribution in [2.24, 2.45) is 0 Å². The molecule has 0 saturated heterocycles. The molecule has 0 bridgehead atoms. The van der Waals surface area contributed by atoms with Gasteiger partial charge in [0.1, 0.15) is 5.75 Å². The molecule has 0 aliphatic heterocycles. The first kappa shape index (κ1) is 14.1. The fourth-order valence-corrected chi connectivity index (χ4v) is 3.00. The summed E-state index contributed by atoms with van der Waals surface area (Å²) in [6.45, 7) is 0.883. The summed E-state index contributed by atoms with van der Waals surface area (Å²) in [5, 5.41) is 22.3. The lowest BCUT2D eigenvalue weighted by Gasteiger charge is -2.26. The van der Waals surface area contributed by atoms with E-state index in [1.165, 1.54) is 23.1 Å². The largest absolute Gasteiger partial charge is 0.508 e. The van der Waals surface area contributed by atoms with Crippen LogP contribution in [0.5, 0.6) is 5.75 Å². The number of benzene rings is 2. The Morgan fingerprint density at radius 2 is 1.81 bits per heavy atom. The van der Waals surface area contributed by atoms with Crippen LogP contribution in [0.1, 0.15) is 41.1 Å². The van der Waals surface area contributed by atoms with Gasteiger partial charge in [-0.3, -0.25) is 0 Å². The molecule has 3 nitrogen and oxygen atoms in total. The summed E-state index contributed by atoms with van der Waals surface area (Å²) in [5.41, 5.74) is 4.71. The Morgan fingerprint density at radius 3 is 2.57 bits per heavy atom. The van der Waals surface area contributed by atoms with Crippen LogP contribution in [0.15, 0.2) is 42.5 Å². The lowest BCUT2D eigenvalue weighted by atomic mass is 9.87. The van der Waals surface area contributed by atoms with E-state index in [-0.39, 0.29) is 6.61 Å². The quantitative estimate of drug-likeness (QED) is 0.808. The van der Waals surface area contributed by atoms with Gasteiger partial charge in [-0.05, 0) is 53.6 Å². The molecule has 0 spiro atoms. The second kappa shape index (κ2) is 6.29. The SMILES string of the molecule is OCc1ccc(CNC2CCCc3ccc(O)cc32)cc1. The maximum atomic E-state index is 9.70.